The predicted molar refractivity (Wildman–Crippen MR) is 88.3 cm³/mol. The first-order chi connectivity index (χ1) is 9.97. The van der Waals surface area contributed by atoms with Crippen LogP contribution in [0.15, 0.2) is 30.3 Å². The van der Waals surface area contributed by atoms with Crippen molar-refractivity contribution >= 4 is 17.3 Å². The van der Waals surface area contributed by atoms with Crippen molar-refractivity contribution in [2.24, 2.45) is 0 Å². The molecule has 112 valence electrons. The SMILES string of the molecule is CC(C)(C#CC(O)=S)N1CCC(OCc2ccccc2)C1. The van der Waals surface area contributed by atoms with Crippen molar-refractivity contribution in [3.05, 3.63) is 35.9 Å². The van der Waals surface area contributed by atoms with E-state index in [0.29, 0.717) is 6.61 Å². The third kappa shape index (κ3) is 4.82. The highest BCUT2D eigenvalue weighted by Crippen LogP contribution is 2.23. The van der Waals surface area contributed by atoms with E-state index >= 15 is 0 Å². The van der Waals surface area contributed by atoms with Gasteiger partial charge in [0.2, 0.25) is 5.05 Å². The van der Waals surface area contributed by atoms with E-state index < -0.39 is 0 Å². The number of ether oxygens (including phenoxy) is 1. The number of hydrogen-bond acceptors (Lipinski definition) is 3. The van der Waals surface area contributed by atoms with Crippen LogP contribution >= 0.6 is 12.2 Å². The van der Waals surface area contributed by atoms with E-state index in [9.17, 15) is 0 Å². The Balaban J connectivity index is 1.86. The van der Waals surface area contributed by atoms with Crippen LogP contribution in [0.3, 0.4) is 0 Å². The van der Waals surface area contributed by atoms with E-state index in [1.807, 2.05) is 32.0 Å². The van der Waals surface area contributed by atoms with Gasteiger partial charge >= 0.3 is 0 Å². The van der Waals surface area contributed by atoms with Gasteiger partial charge < -0.3 is 9.84 Å². The molecule has 1 unspecified atom stereocenters. The molecule has 0 spiro atoms. The number of likely N-dealkylation sites (tertiary alicyclic amines) is 1. The molecule has 1 atom stereocenters. The zero-order chi connectivity index (χ0) is 15.3. The first-order valence-corrected chi connectivity index (χ1v) is 7.55. The second kappa shape index (κ2) is 7.04. The van der Waals surface area contributed by atoms with Gasteiger partial charge in [-0.2, -0.15) is 0 Å². The minimum absolute atomic E-state index is 0.229. The number of benzene rings is 1. The summed E-state index contributed by atoms with van der Waals surface area (Å²) in [6.45, 7) is 6.52. The Morgan fingerprint density at radius 3 is 2.81 bits per heavy atom. The summed E-state index contributed by atoms with van der Waals surface area (Å²) in [5.41, 5.74) is 0.887. The highest BCUT2D eigenvalue weighted by molar-refractivity contribution is 7.80. The molecule has 1 aliphatic heterocycles. The summed E-state index contributed by atoms with van der Waals surface area (Å²) in [7, 11) is 0. The Hall–Kier alpha value is -1.41. The Kier molecular flexibility index (Phi) is 5.35. The molecule has 1 aliphatic rings. The lowest BCUT2D eigenvalue weighted by Gasteiger charge is -2.30. The van der Waals surface area contributed by atoms with E-state index in [1.165, 1.54) is 5.56 Å². The molecule has 0 amide bonds. The van der Waals surface area contributed by atoms with Gasteiger partial charge in [0.15, 0.2) is 0 Å². The third-order valence-corrected chi connectivity index (χ3v) is 3.84. The molecule has 1 aromatic rings. The molecular weight excluding hydrogens is 282 g/mol. The molecule has 1 heterocycles. The maximum absolute atomic E-state index is 9.04. The smallest absolute Gasteiger partial charge is 0.234 e. The number of aliphatic hydroxyl groups is 1. The van der Waals surface area contributed by atoms with Crippen molar-refractivity contribution in [2.45, 2.75) is 38.5 Å². The van der Waals surface area contributed by atoms with Gasteiger partial charge in [-0.1, -0.05) is 36.3 Å². The molecule has 21 heavy (non-hydrogen) atoms. The van der Waals surface area contributed by atoms with Gasteiger partial charge in [-0.25, -0.2) is 0 Å². The zero-order valence-corrected chi connectivity index (χ0v) is 13.3. The molecule has 3 nitrogen and oxygen atoms in total. The molecular formula is C17H21NO2S. The molecule has 1 aromatic carbocycles. The van der Waals surface area contributed by atoms with E-state index in [2.05, 4.69) is 41.1 Å². The Bertz CT molecular complexity index is 545. The molecule has 0 radical (unpaired) electrons. The van der Waals surface area contributed by atoms with Crippen molar-refractivity contribution in [2.75, 3.05) is 13.1 Å². The number of aliphatic hydroxyl groups excluding tert-OH is 1. The van der Waals surface area contributed by atoms with E-state index in [0.717, 1.165) is 19.5 Å². The second-order valence-electron chi connectivity index (χ2n) is 5.77. The fourth-order valence-electron chi connectivity index (χ4n) is 2.45. The fourth-order valence-corrected chi connectivity index (χ4v) is 2.50. The zero-order valence-electron chi connectivity index (χ0n) is 12.5. The summed E-state index contributed by atoms with van der Waals surface area (Å²) < 4.78 is 5.97. The average molecular weight is 303 g/mol. The quantitative estimate of drug-likeness (QED) is 0.685. The van der Waals surface area contributed by atoms with Crippen molar-refractivity contribution < 1.29 is 9.84 Å². The van der Waals surface area contributed by atoms with Crippen LogP contribution in [0, 0.1) is 11.8 Å². The molecule has 0 bridgehead atoms. The van der Waals surface area contributed by atoms with Crippen molar-refractivity contribution in [1.82, 2.24) is 4.90 Å². The second-order valence-corrected chi connectivity index (χ2v) is 6.15. The summed E-state index contributed by atoms with van der Waals surface area (Å²) in [5.74, 6) is 5.61. The fraction of sp³-hybridized carbons (Fsp3) is 0.471. The largest absolute Gasteiger partial charge is 0.493 e. The minimum Gasteiger partial charge on any atom is -0.493 e. The maximum atomic E-state index is 9.04. The van der Waals surface area contributed by atoms with E-state index in [4.69, 9.17) is 9.84 Å². The van der Waals surface area contributed by atoms with Crippen molar-refractivity contribution in [3.63, 3.8) is 0 Å². The molecule has 1 N–H and O–H groups in total. The number of rotatable bonds is 4. The van der Waals surface area contributed by atoms with Crippen LogP contribution in [0.2, 0.25) is 0 Å². The van der Waals surface area contributed by atoms with E-state index in [1.54, 1.807) is 0 Å². The van der Waals surface area contributed by atoms with Gasteiger partial charge in [0.05, 0.1) is 18.2 Å². The first-order valence-electron chi connectivity index (χ1n) is 7.14. The summed E-state index contributed by atoms with van der Waals surface area (Å²) in [4.78, 5) is 2.27. The molecule has 0 aliphatic carbocycles. The number of nitrogens with zero attached hydrogens (tertiary/aromatic N) is 1. The molecule has 0 aromatic heterocycles. The van der Waals surface area contributed by atoms with Crippen LogP contribution in [0.25, 0.3) is 0 Å². The average Bonchev–Trinajstić information content (AvgIpc) is 2.94. The Morgan fingerprint density at radius 1 is 1.43 bits per heavy atom. The topological polar surface area (TPSA) is 32.7 Å². The summed E-state index contributed by atoms with van der Waals surface area (Å²) in [6, 6.07) is 10.2. The van der Waals surface area contributed by atoms with Crippen LogP contribution in [-0.4, -0.2) is 39.8 Å². The molecule has 1 fully saturated rings. The van der Waals surface area contributed by atoms with Crippen LogP contribution in [0.1, 0.15) is 25.8 Å². The maximum Gasteiger partial charge on any atom is 0.234 e. The van der Waals surface area contributed by atoms with Gasteiger partial charge in [-0.3, -0.25) is 4.90 Å². The Labute approximate surface area is 131 Å². The summed E-state index contributed by atoms with van der Waals surface area (Å²) in [6.07, 6.45) is 1.23. The van der Waals surface area contributed by atoms with E-state index in [-0.39, 0.29) is 16.7 Å². The molecule has 0 saturated carbocycles. The van der Waals surface area contributed by atoms with Crippen molar-refractivity contribution in [1.29, 1.82) is 0 Å². The first kappa shape index (κ1) is 16.0. The monoisotopic (exact) mass is 303 g/mol. The highest BCUT2D eigenvalue weighted by Gasteiger charge is 2.32. The molecule has 2 rings (SSSR count). The lowest BCUT2D eigenvalue weighted by atomic mass is 10.0. The third-order valence-electron chi connectivity index (χ3n) is 3.74. The van der Waals surface area contributed by atoms with Gasteiger partial charge in [0.1, 0.15) is 0 Å². The normalized spacial score (nSPS) is 19.0. The van der Waals surface area contributed by atoms with Gasteiger partial charge in [0, 0.05) is 13.1 Å². The van der Waals surface area contributed by atoms with Gasteiger partial charge in [-0.05, 0) is 44.0 Å². The molecule has 1 saturated heterocycles. The lowest BCUT2D eigenvalue weighted by Crippen LogP contribution is -2.41. The lowest BCUT2D eigenvalue weighted by molar-refractivity contribution is 0.0410. The Morgan fingerprint density at radius 2 is 2.14 bits per heavy atom. The predicted octanol–water partition coefficient (Wildman–Crippen LogP) is 2.94. The standard InChI is InChI=1S/C17H21NO2S/c1-17(2,10-8-16(19)21)18-11-9-15(12-18)20-13-14-6-4-3-5-7-14/h3-7,15H,9,11-13H2,1-2H3,(H,19,21). The van der Waals surface area contributed by atoms with Gasteiger partial charge in [0.25, 0.3) is 0 Å². The minimum atomic E-state index is -0.308. The van der Waals surface area contributed by atoms with Crippen LogP contribution in [-0.2, 0) is 11.3 Å². The molecule has 4 heteroatoms. The van der Waals surface area contributed by atoms with Crippen LogP contribution in [0.4, 0.5) is 0 Å². The number of thiocarbonyl (C=S) groups is 1. The van der Waals surface area contributed by atoms with Crippen LogP contribution in [0.5, 0.6) is 0 Å². The number of hydrogen-bond donors (Lipinski definition) is 1. The van der Waals surface area contributed by atoms with Crippen molar-refractivity contribution in [3.8, 4) is 11.8 Å². The van der Waals surface area contributed by atoms with Crippen LogP contribution < -0.4 is 0 Å². The summed E-state index contributed by atoms with van der Waals surface area (Å²) >= 11 is 4.60. The highest BCUT2D eigenvalue weighted by atomic mass is 32.1. The van der Waals surface area contributed by atoms with Gasteiger partial charge in [-0.15, -0.1) is 0 Å². The summed E-state index contributed by atoms with van der Waals surface area (Å²) in [5, 5.41) is 8.78.